The van der Waals surface area contributed by atoms with Gasteiger partial charge in [-0.1, -0.05) is 6.92 Å². The lowest BCUT2D eigenvalue weighted by molar-refractivity contribution is 0.0836. The zero-order valence-corrected chi connectivity index (χ0v) is 12.2. The van der Waals surface area contributed by atoms with Gasteiger partial charge in [0.05, 0.1) is 11.6 Å². The van der Waals surface area contributed by atoms with Crippen LogP contribution >= 0.6 is 12.2 Å². The number of rotatable bonds is 3. The molecule has 5 heteroatoms. The lowest BCUT2D eigenvalue weighted by atomic mass is 10.00. The van der Waals surface area contributed by atoms with Crippen molar-refractivity contribution in [1.29, 1.82) is 0 Å². The molecule has 0 amide bonds. The first kappa shape index (κ1) is 12.8. The number of H-pyrrole nitrogens is 1. The molecular formula is C14H19N3OS. The highest BCUT2D eigenvalue weighted by molar-refractivity contribution is 7.71. The van der Waals surface area contributed by atoms with Crippen LogP contribution < -0.4 is 0 Å². The van der Waals surface area contributed by atoms with Crippen LogP contribution in [-0.4, -0.2) is 27.2 Å². The lowest BCUT2D eigenvalue weighted by Crippen LogP contribution is -2.20. The monoisotopic (exact) mass is 277 g/mol. The van der Waals surface area contributed by atoms with Crippen molar-refractivity contribution in [3.8, 4) is 0 Å². The van der Waals surface area contributed by atoms with Crippen LogP contribution in [0.5, 0.6) is 0 Å². The molecule has 4 nitrogen and oxygen atoms in total. The van der Waals surface area contributed by atoms with E-state index in [1.165, 1.54) is 0 Å². The molecule has 0 spiro atoms. The van der Waals surface area contributed by atoms with Crippen molar-refractivity contribution in [2.45, 2.75) is 39.3 Å². The maximum absolute atomic E-state index is 5.76. The van der Waals surface area contributed by atoms with Gasteiger partial charge in [0.1, 0.15) is 0 Å². The van der Waals surface area contributed by atoms with Crippen molar-refractivity contribution < 1.29 is 4.74 Å². The van der Waals surface area contributed by atoms with Gasteiger partial charge in [-0.05, 0) is 43.6 Å². The number of nitrogens with one attached hydrogen (secondary N) is 1. The van der Waals surface area contributed by atoms with Gasteiger partial charge in [-0.15, -0.1) is 0 Å². The molecular weight excluding hydrogens is 258 g/mol. The Bertz CT molecular complexity index is 646. The zero-order chi connectivity index (χ0) is 13.4. The number of aryl methyl sites for hydroxylation is 1. The molecule has 1 N–H and O–H groups in total. The molecule has 2 atom stereocenters. The Morgan fingerprint density at radius 2 is 2.42 bits per heavy atom. The summed E-state index contributed by atoms with van der Waals surface area (Å²) in [6.45, 7) is 5.98. The van der Waals surface area contributed by atoms with E-state index in [-0.39, 0.29) is 0 Å². The second-order valence-electron chi connectivity index (χ2n) is 5.29. The van der Waals surface area contributed by atoms with E-state index in [2.05, 4.69) is 27.5 Å². The van der Waals surface area contributed by atoms with Crippen molar-refractivity contribution in [3.05, 3.63) is 22.6 Å². The molecule has 1 saturated heterocycles. The molecule has 3 rings (SSSR count). The molecule has 2 unspecified atom stereocenters. The third kappa shape index (κ3) is 2.32. The summed E-state index contributed by atoms with van der Waals surface area (Å²) < 4.78 is 8.63. The molecule has 1 fully saturated rings. The molecule has 1 aliphatic heterocycles. The van der Waals surface area contributed by atoms with Crippen LogP contribution in [0, 0.1) is 17.6 Å². The fourth-order valence-corrected chi connectivity index (χ4v) is 3.18. The SMILES string of the molecule is CCC1OCCC1Cn1c(=S)[nH]c2cc(C)cnc21. The molecule has 1 aliphatic rings. The van der Waals surface area contributed by atoms with Gasteiger partial charge in [0.2, 0.25) is 0 Å². The van der Waals surface area contributed by atoms with Crippen LogP contribution in [0.2, 0.25) is 0 Å². The summed E-state index contributed by atoms with van der Waals surface area (Å²) in [7, 11) is 0. The van der Waals surface area contributed by atoms with Gasteiger partial charge in [0.25, 0.3) is 0 Å². The fraction of sp³-hybridized carbons (Fsp3) is 0.571. The number of imidazole rings is 1. The highest BCUT2D eigenvalue weighted by atomic mass is 32.1. The summed E-state index contributed by atoms with van der Waals surface area (Å²) in [5.41, 5.74) is 3.13. The molecule has 0 aliphatic carbocycles. The molecule has 2 aromatic heterocycles. The number of pyridine rings is 1. The second-order valence-corrected chi connectivity index (χ2v) is 5.68. The van der Waals surface area contributed by atoms with Crippen molar-refractivity contribution in [1.82, 2.24) is 14.5 Å². The van der Waals surface area contributed by atoms with Gasteiger partial charge < -0.3 is 14.3 Å². The van der Waals surface area contributed by atoms with Crippen LogP contribution in [0.1, 0.15) is 25.3 Å². The molecule has 19 heavy (non-hydrogen) atoms. The summed E-state index contributed by atoms with van der Waals surface area (Å²) in [5.74, 6) is 0.541. The summed E-state index contributed by atoms with van der Waals surface area (Å²) >= 11 is 5.43. The fourth-order valence-electron chi connectivity index (χ4n) is 2.90. The number of ether oxygens (including phenoxy) is 1. The second kappa shape index (κ2) is 5.06. The third-order valence-electron chi connectivity index (χ3n) is 3.91. The molecule has 0 bridgehead atoms. The molecule has 3 heterocycles. The van der Waals surface area contributed by atoms with Gasteiger partial charge in [-0.3, -0.25) is 0 Å². The number of fused-ring (bicyclic) bond motifs is 1. The Kier molecular flexibility index (Phi) is 3.41. The Labute approximate surface area is 117 Å². The standard InChI is InChI=1S/C14H19N3OS/c1-3-12-10(4-5-18-12)8-17-13-11(16-14(17)19)6-9(2)7-15-13/h6-7,10,12H,3-5,8H2,1-2H3,(H,16,19). The molecule has 102 valence electrons. The van der Waals surface area contributed by atoms with E-state index in [1.807, 2.05) is 13.1 Å². The predicted molar refractivity (Wildman–Crippen MR) is 77.8 cm³/mol. The van der Waals surface area contributed by atoms with E-state index in [0.29, 0.717) is 12.0 Å². The summed E-state index contributed by atoms with van der Waals surface area (Å²) in [5, 5.41) is 0. The van der Waals surface area contributed by atoms with E-state index >= 15 is 0 Å². The minimum Gasteiger partial charge on any atom is -0.378 e. The van der Waals surface area contributed by atoms with Gasteiger partial charge in [-0.25, -0.2) is 4.98 Å². The smallest absolute Gasteiger partial charge is 0.179 e. The number of nitrogens with zero attached hydrogens (tertiary/aromatic N) is 2. The quantitative estimate of drug-likeness (QED) is 0.876. The van der Waals surface area contributed by atoms with Gasteiger partial charge in [0.15, 0.2) is 10.4 Å². The largest absolute Gasteiger partial charge is 0.378 e. The number of aromatic amines is 1. The Balaban J connectivity index is 1.96. The Morgan fingerprint density at radius 1 is 1.58 bits per heavy atom. The first-order chi connectivity index (χ1) is 9.19. The first-order valence-electron chi connectivity index (χ1n) is 6.85. The van der Waals surface area contributed by atoms with Gasteiger partial charge in [-0.2, -0.15) is 0 Å². The molecule has 0 radical (unpaired) electrons. The zero-order valence-electron chi connectivity index (χ0n) is 11.3. The summed E-state index contributed by atoms with van der Waals surface area (Å²) in [6.07, 6.45) is 4.42. The highest BCUT2D eigenvalue weighted by Crippen LogP contribution is 2.26. The van der Waals surface area contributed by atoms with Crippen molar-refractivity contribution >= 4 is 23.4 Å². The van der Waals surface area contributed by atoms with Crippen LogP contribution in [0.3, 0.4) is 0 Å². The normalized spacial score (nSPS) is 23.3. The minimum atomic E-state index is 0.359. The van der Waals surface area contributed by atoms with Crippen molar-refractivity contribution in [2.24, 2.45) is 5.92 Å². The van der Waals surface area contributed by atoms with Crippen molar-refractivity contribution in [2.75, 3.05) is 6.61 Å². The van der Waals surface area contributed by atoms with E-state index in [4.69, 9.17) is 17.0 Å². The van der Waals surface area contributed by atoms with E-state index in [9.17, 15) is 0 Å². The van der Waals surface area contributed by atoms with Crippen molar-refractivity contribution in [3.63, 3.8) is 0 Å². The van der Waals surface area contributed by atoms with Crippen LogP contribution in [0.4, 0.5) is 0 Å². The molecule has 0 saturated carbocycles. The number of aromatic nitrogens is 3. The number of hydrogen-bond donors (Lipinski definition) is 1. The van der Waals surface area contributed by atoms with Crippen LogP contribution in [-0.2, 0) is 11.3 Å². The van der Waals surface area contributed by atoms with Gasteiger partial charge in [0, 0.05) is 25.3 Å². The van der Waals surface area contributed by atoms with Gasteiger partial charge >= 0.3 is 0 Å². The van der Waals surface area contributed by atoms with Crippen LogP contribution in [0.25, 0.3) is 11.2 Å². The first-order valence-corrected chi connectivity index (χ1v) is 7.26. The Morgan fingerprint density at radius 3 is 3.21 bits per heavy atom. The topological polar surface area (TPSA) is 42.8 Å². The summed E-state index contributed by atoms with van der Waals surface area (Å²) in [6, 6.07) is 2.09. The maximum atomic E-state index is 5.76. The van der Waals surface area contributed by atoms with Crippen LogP contribution in [0.15, 0.2) is 12.3 Å². The maximum Gasteiger partial charge on any atom is 0.179 e. The number of hydrogen-bond acceptors (Lipinski definition) is 3. The van der Waals surface area contributed by atoms with E-state index in [0.717, 1.165) is 47.5 Å². The summed E-state index contributed by atoms with van der Waals surface area (Å²) in [4.78, 5) is 7.77. The third-order valence-corrected chi connectivity index (χ3v) is 4.23. The lowest BCUT2D eigenvalue weighted by Gasteiger charge is -2.17. The van der Waals surface area contributed by atoms with E-state index in [1.54, 1.807) is 0 Å². The van der Waals surface area contributed by atoms with E-state index < -0.39 is 0 Å². The average Bonchev–Trinajstić information content (AvgIpc) is 2.95. The molecule has 2 aromatic rings. The Hall–Kier alpha value is -1.20. The predicted octanol–water partition coefficient (Wildman–Crippen LogP) is 3.22. The average molecular weight is 277 g/mol. The molecule has 0 aromatic carbocycles. The minimum absolute atomic E-state index is 0.359. The highest BCUT2D eigenvalue weighted by Gasteiger charge is 2.27.